The van der Waals surface area contributed by atoms with E-state index >= 15 is 0 Å². The van der Waals surface area contributed by atoms with Crippen LogP contribution < -0.4 is 5.73 Å². The average Bonchev–Trinajstić information content (AvgIpc) is 2.75. The molecule has 0 bridgehead atoms. The molecule has 0 saturated heterocycles. The van der Waals surface area contributed by atoms with E-state index in [0.717, 1.165) is 32.3 Å². The second kappa shape index (κ2) is 5.48. The molecule has 0 aliphatic rings. The summed E-state index contributed by atoms with van der Waals surface area (Å²) in [6, 6.07) is 11.5. The molecule has 21 heavy (non-hydrogen) atoms. The highest BCUT2D eigenvalue weighted by atomic mass is 79.9. The van der Waals surface area contributed by atoms with E-state index in [1.807, 2.05) is 37.3 Å². The third-order valence-electron chi connectivity index (χ3n) is 3.71. The Morgan fingerprint density at radius 1 is 1.14 bits per heavy atom. The minimum Gasteiger partial charge on any atom is -0.459 e. The molecule has 0 spiro atoms. The fraction of sp³-hybridized carbons (Fsp3) is 0.176. The molecular weight excluding hydrogens is 350 g/mol. The van der Waals surface area contributed by atoms with Crippen molar-refractivity contribution in [3.63, 3.8) is 0 Å². The van der Waals surface area contributed by atoms with Gasteiger partial charge in [-0.3, -0.25) is 0 Å². The molecule has 0 amide bonds. The smallest absolute Gasteiger partial charge is 0.134 e. The normalized spacial score (nSPS) is 12.8. The van der Waals surface area contributed by atoms with Crippen LogP contribution in [-0.4, -0.2) is 0 Å². The molecule has 108 valence electrons. The van der Waals surface area contributed by atoms with Crippen LogP contribution in [0.2, 0.25) is 5.02 Å². The molecule has 0 aliphatic heterocycles. The number of hydrogen-bond donors (Lipinski definition) is 1. The fourth-order valence-electron chi connectivity index (χ4n) is 2.55. The van der Waals surface area contributed by atoms with Crippen LogP contribution in [0, 0.1) is 13.8 Å². The first-order chi connectivity index (χ1) is 9.97. The van der Waals surface area contributed by atoms with Crippen molar-refractivity contribution in [1.82, 2.24) is 0 Å². The Balaban J connectivity index is 2.13. The summed E-state index contributed by atoms with van der Waals surface area (Å²) in [6.45, 7) is 4.10. The molecule has 0 saturated carbocycles. The number of aryl methyl sites for hydroxylation is 2. The van der Waals surface area contributed by atoms with Gasteiger partial charge in [0.1, 0.15) is 11.3 Å². The summed E-state index contributed by atoms with van der Waals surface area (Å²) in [6.07, 6.45) is 0. The Morgan fingerprint density at radius 3 is 2.62 bits per heavy atom. The summed E-state index contributed by atoms with van der Waals surface area (Å²) in [5.74, 6) is 0.764. The van der Waals surface area contributed by atoms with Crippen molar-refractivity contribution >= 4 is 38.5 Å². The largest absolute Gasteiger partial charge is 0.459 e. The van der Waals surface area contributed by atoms with Gasteiger partial charge in [-0.1, -0.05) is 45.2 Å². The first-order valence-corrected chi connectivity index (χ1v) is 7.84. The molecule has 0 fully saturated rings. The number of benzene rings is 2. The lowest BCUT2D eigenvalue weighted by Gasteiger charge is -2.12. The van der Waals surface area contributed by atoms with Gasteiger partial charge in [0.25, 0.3) is 0 Å². The molecule has 2 aromatic carbocycles. The van der Waals surface area contributed by atoms with Crippen molar-refractivity contribution < 1.29 is 4.42 Å². The SMILES string of the molecule is Cc1ccc2oc(C(N)c3ccc(Br)cc3Cl)c(C)c2c1. The van der Waals surface area contributed by atoms with Crippen molar-refractivity contribution in [3.05, 3.63) is 68.3 Å². The van der Waals surface area contributed by atoms with Gasteiger partial charge in [-0.05, 0) is 43.7 Å². The maximum absolute atomic E-state index is 6.38. The number of nitrogens with two attached hydrogens (primary N) is 1. The van der Waals surface area contributed by atoms with E-state index in [9.17, 15) is 0 Å². The summed E-state index contributed by atoms with van der Waals surface area (Å²) in [5, 5.41) is 1.74. The Morgan fingerprint density at radius 2 is 1.90 bits per heavy atom. The zero-order valence-electron chi connectivity index (χ0n) is 11.8. The summed E-state index contributed by atoms with van der Waals surface area (Å²) in [7, 11) is 0. The predicted octanol–water partition coefficient (Wildman–Crippen LogP) is 5.51. The first-order valence-electron chi connectivity index (χ1n) is 6.67. The van der Waals surface area contributed by atoms with E-state index in [-0.39, 0.29) is 6.04 Å². The van der Waals surface area contributed by atoms with E-state index in [1.165, 1.54) is 5.56 Å². The van der Waals surface area contributed by atoms with Crippen molar-refractivity contribution in [2.45, 2.75) is 19.9 Å². The molecule has 1 atom stereocenters. The van der Waals surface area contributed by atoms with Gasteiger partial charge in [0.05, 0.1) is 6.04 Å². The van der Waals surface area contributed by atoms with E-state index in [1.54, 1.807) is 0 Å². The summed E-state index contributed by atoms with van der Waals surface area (Å²) >= 11 is 9.70. The van der Waals surface area contributed by atoms with Gasteiger partial charge < -0.3 is 10.2 Å². The summed E-state index contributed by atoms with van der Waals surface area (Å²) < 4.78 is 6.89. The number of halogens is 2. The molecule has 2 nitrogen and oxygen atoms in total. The third kappa shape index (κ3) is 2.61. The van der Waals surface area contributed by atoms with Crippen molar-refractivity contribution in [2.24, 2.45) is 5.73 Å². The lowest BCUT2D eigenvalue weighted by atomic mass is 10.0. The molecule has 2 N–H and O–H groups in total. The maximum Gasteiger partial charge on any atom is 0.134 e. The van der Waals surface area contributed by atoms with Gasteiger partial charge in [0.15, 0.2) is 0 Å². The summed E-state index contributed by atoms with van der Waals surface area (Å²) in [5.41, 5.74) is 10.4. The van der Waals surface area contributed by atoms with Crippen LogP contribution in [0.5, 0.6) is 0 Å². The minimum atomic E-state index is -0.377. The van der Waals surface area contributed by atoms with Crippen LogP contribution in [0.15, 0.2) is 45.3 Å². The molecule has 0 aliphatic carbocycles. The van der Waals surface area contributed by atoms with E-state index in [0.29, 0.717) is 5.02 Å². The van der Waals surface area contributed by atoms with E-state index in [4.69, 9.17) is 21.8 Å². The molecule has 3 aromatic rings. The predicted molar refractivity (Wildman–Crippen MR) is 90.9 cm³/mol. The third-order valence-corrected chi connectivity index (χ3v) is 4.53. The molecule has 3 rings (SSSR count). The topological polar surface area (TPSA) is 39.2 Å². The van der Waals surface area contributed by atoms with Gasteiger partial charge in [-0.25, -0.2) is 0 Å². The van der Waals surface area contributed by atoms with Crippen LogP contribution in [0.25, 0.3) is 11.0 Å². The van der Waals surface area contributed by atoms with Crippen LogP contribution in [0.4, 0.5) is 0 Å². The Labute approximate surface area is 137 Å². The lowest BCUT2D eigenvalue weighted by Crippen LogP contribution is -2.12. The van der Waals surface area contributed by atoms with Crippen molar-refractivity contribution in [2.75, 3.05) is 0 Å². The lowest BCUT2D eigenvalue weighted by molar-refractivity contribution is 0.521. The highest BCUT2D eigenvalue weighted by molar-refractivity contribution is 9.10. The monoisotopic (exact) mass is 363 g/mol. The molecule has 1 heterocycles. The molecule has 1 unspecified atom stereocenters. The average molecular weight is 365 g/mol. The quantitative estimate of drug-likeness (QED) is 0.651. The second-order valence-corrected chi connectivity index (χ2v) is 6.56. The van der Waals surface area contributed by atoms with Crippen LogP contribution in [-0.2, 0) is 0 Å². The highest BCUT2D eigenvalue weighted by Gasteiger charge is 2.20. The minimum absolute atomic E-state index is 0.377. The molecule has 1 aromatic heterocycles. The number of fused-ring (bicyclic) bond motifs is 1. The van der Waals surface area contributed by atoms with Crippen LogP contribution in [0.3, 0.4) is 0 Å². The number of furan rings is 1. The summed E-state index contributed by atoms with van der Waals surface area (Å²) in [4.78, 5) is 0. The van der Waals surface area contributed by atoms with Crippen LogP contribution in [0.1, 0.15) is 28.5 Å². The molecular formula is C17H15BrClNO. The Hall–Kier alpha value is -1.29. The second-order valence-electron chi connectivity index (χ2n) is 5.23. The van der Waals surface area contributed by atoms with Crippen LogP contribution >= 0.6 is 27.5 Å². The zero-order chi connectivity index (χ0) is 15.1. The fourth-order valence-corrected chi connectivity index (χ4v) is 3.34. The van der Waals surface area contributed by atoms with Gasteiger partial charge in [0, 0.05) is 20.4 Å². The molecule has 0 radical (unpaired) electrons. The van der Waals surface area contributed by atoms with Crippen molar-refractivity contribution in [1.29, 1.82) is 0 Å². The maximum atomic E-state index is 6.38. The first kappa shape index (κ1) is 14.6. The highest BCUT2D eigenvalue weighted by Crippen LogP contribution is 2.35. The van der Waals surface area contributed by atoms with Crippen molar-refractivity contribution in [3.8, 4) is 0 Å². The van der Waals surface area contributed by atoms with E-state index < -0.39 is 0 Å². The van der Waals surface area contributed by atoms with E-state index in [2.05, 4.69) is 28.9 Å². The zero-order valence-corrected chi connectivity index (χ0v) is 14.1. The van der Waals surface area contributed by atoms with Gasteiger partial charge in [-0.15, -0.1) is 0 Å². The Bertz CT molecular complexity index is 825. The van der Waals surface area contributed by atoms with Gasteiger partial charge in [0.2, 0.25) is 0 Å². The van der Waals surface area contributed by atoms with Gasteiger partial charge in [-0.2, -0.15) is 0 Å². The molecule has 4 heteroatoms. The van der Waals surface area contributed by atoms with Gasteiger partial charge >= 0.3 is 0 Å². The number of hydrogen-bond acceptors (Lipinski definition) is 2. The number of rotatable bonds is 2. The Kier molecular flexibility index (Phi) is 3.82. The standard InChI is InChI=1S/C17H15BrClNO/c1-9-3-6-15-13(7-9)10(2)17(21-15)16(20)12-5-4-11(18)8-14(12)19/h3-8,16H,20H2,1-2H3.